The van der Waals surface area contributed by atoms with E-state index < -0.39 is 5.97 Å². The van der Waals surface area contributed by atoms with E-state index >= 15 is 0 Å². The summed E-state index contributed by atoms with van der Waals surface area (Å²) in [5.41, 5.74) is 3.14. The number of carbonyl (C=O) groups is 2. The molecule has 0 saturated carbocycles. The first-order valence-electron chi connectivity index (χ1n) is 15.1. The number of esters is 1. The highest BCUT2D eigenvalue weighted by Gasteiger charge is 2.32. The quantitative estimate of drug-likeness (QED) is 0.285. The Balaban J connectivity index is 0.000000573. The summed E-state index contributed by atoms with van der Waals surface area (Å²) in [7, 11) is 7.05. The van der Waals surface area contributed by atoms with Gasteiger partial charge in [0.25, 0.3) is 0 Å². The summed E-state index contributed by atoms with van der Waals surface area (Å²) in [5, 5.41) is 2.89. The maximum Gasteiger partial charge on any atom is 0.330 e. The first-order chi connectivity index (χ1) is 21.3. The third-order valence-corrected chi connectivity index (χ3v) is 8.75. The molecule has 0 aliphatic carbocycles. The highest BCUT2D eigenvalue weighted by molar-refractivity contribution is 6.36. The Hall–Kier alpha value is -3.89. The van der Waals surface area contributed by atoms with E-state index in [2.05, 4.69) is 50.7 Å². The summed E-state index contributed by atoms with van der Waals surface area (Å²) < 4.78 is 10.0. The summed E-state index contributed by atoms with van der Waals surface area (Å²) >= 11 is 6.60. The number of methoxy groups -OCH3 is 2. The fourth-order valence-corrected chi connectivity index (χ4v) is 6.35. The molecule has 0 radical (unpaired) electrons. The highest BCUT2D eigenvalue weighted by Crippen LogP contribution is 2.37. The zero-order chi connectivity index (χ0) is 31.2. The van der Waals surface area contributed by atoms with Crippen molar-refractivity contribution in [1.82, 2.24) is 19.8 Å². The number of ether oxygens (including phenoxy) is 2. The molecule has 6 rings (SSSR count). The van der Waals surface area contributed by atoms with Crippen LogP contribution in [-0.4, -0.2) is 99.2 Å². The Morgan fingerprint density at radius 3 is 2.43 bits per heavy atom. The molecule has 2 saturated heterocycles. The number of likely N-dealkylation sites (tertiary alicyclic amines) is 2. The van der Waals surface area contributed by atoms with Gasteiger partial charge in [-0.2, -0.15) is 9.97 Å². The van der Waals surface area contributed by atoms with Crippen LogP contribution in [0, 0.1) is 5.92 Å². The molecule has 4 heterocycles. The molecule has 0 unspecified atom stereocenters. The van der Waals surface area contributed by atoms with Crippen molar-refractivity contribution >= 4 is 45.8 Å². The van der Waals surface area contributed by atoms with E-state index in [9.17, 15) is 9.59 Å². The first kappa shape index (κ1) is 31.5. The summed E-state index contributed by atoms with van der Waals surface area (Å²) in [6, 6.07) is 12.5. The molecule has 234 valence electrons. The van der Waals surface area contributed by atoms with Crippen LogP contribution in [0.5, 0.6) is 6.01 Å². The molecule has 3 aliphatic rings. The van der Waals surface area contributed by atoms with E-state index in [1.54, 1.807) is 12.0 Å². The Labute approximate surface area is 264 Å². The van der Waals surface area contributed by atoms with Gasteiger partial charge in [0.1, 0.15) is 5.82 Å². The van der Waals surface area contributed by atoms with Gasteiger partial charge >= 0.3 is 12.0 Å². The minimum atomic E-state index is -0.542. The number of rotatable bonds is 7. The fourth-order valence-electron chi connectivity index (χ4n) is 6.07. The van der Waals surface area contributed by atoms with Gasteiger partial charge in [-0.3, -0.25) is 4.79 Å². The van der Waals surface area contributed by atoms with E-state index in [-0.39, 0.29) is 5.91 Å². The van der Waals surface area contributed by atoms with Crippen LogP contribution in [0.15, 0.2) is 48.6 Å². The number of amides is 1. The van der Waals surface area contributed by atoms with Crippen LogP contribution in [0.4, 0.5) is 11.5 Å². The maximum absolute atomic E-state index is 12.2. The third-order valence-electron chi connectivity index (χ3n) is 8.43. The predicted molar refractivity (Wildman–Crippen MR) is 174 cm³/mol. The molecule has 10 nitrogen and oxygen atoms in total. The van der Waals surface area contributed by atoms with Gasteiger partial charge in [-0.1, -0.05) is 35.9 Å². The fraction of sp³-hybridized carbons (Fsp3) is 0.455. The van der Waals surface area contributed by atoms with E-state index in [1.165, 1.54) is 39.1 Å². The molecule has 0 N–H and O–H groups in total. The number of anilines is 2. The molecule has 44 heavy (non-hydrogen) atoms. The average Bonchev–Trinajstić information content (AvgIpc) is 3.51. The molecule has 1 aromatic heterocycles. The van der Waals surface area contributed by atoms with Crippen LogP contribution in [0.3, 0.4) is 0 Å². The van der Waals surface area contributed by atoms with E-state index in [1.807, 2.05) is 19.2 Å². The Kier molecular flexibility index (Phi) is 10.2. The van der Waals surface area contributed by atoms with Crippen LogP contribution in [0.1, 0.15) is 24.1 Å². The van der Waals surface area contributed by atoms with Crippen molar-refractivity contribution < 1.29 is 19.1 Å². The van der Waals surface area contributed by atoms with Crippen molar-refractivity contribution in [2.75, 3.05) is 77.4 Å². The van der Waals surface area contributed by atoms with Crippen LogP contribution >= 0.6 is 11.6 Å². The molecular formula is C33H41ClN6O4. The number of carbonyl (C=O) groups excluding carboxylic acids is 2. The molecule has 0 atom stereocenters. The van der Waals surface area contributed by atoms with Gasteiger partial charge in [0.2, 0.25) is 5.91 Å². The minimum Gasteiger partial charge on any atom is -0.467 e. The Bertz CT molecular complexity index is 1510. The smallest absolute Gasteiger partial charge is 0.330 e. The van der Waals surface area contributed by atoms with Crippen LogP contribution in [-0.2, 0) is 27.3 Å². The van der Waals surface area contributed by atoms with Crippen molar-refractivity contribution in [3.63, 3.8) is 0 Å². The van der Waals surface area contributed by atoms with Crippen molar-refractivity contribution in [2.24, 2.45) is 5.92 Å². The SMILES string of the molecule is CN1CCCC1.COC(=O)/C=C/C(=O)N1CC(CN(C)c2nc(OC)nc3c2CCN(c2cccc4cccc(Cl)c24)C3)C1. The van der Waals surface area contributed by atoms with Crippen LogP contribution < -0.4 is 14.5 Å². The zero-order valence-electron chi connectivity index (χ0n) is 26.0. The Morgan fingerprint density at radius 1 is 1.05 bits per heavy atom. The van der Waals surface area contributed by atoms with E-state index in [0.717, 1.165) is 64.1 Å². The van der Waals surface area contributed by atoms with Crippen LogP contribution in [0.2, 0.25) is 5.02 Å². The monoisotopic (exact) mass is 620 g/mol. The molecule has 2 fully saturated rings. The standard InChI is InChI=1S/C28H30ClN5O4.C5H11N/c1-32(14-18-15-34(16-18)24(35)10-11-25(36)37-2)27-20-12-13-33(17-22(20)30-28(31-27)38-3)23-9-5-7-19-6-4-8-21(29)26(19)23;1-6-4-2-3-5-6/h4-11,18H,12-17H2,1-3H3;2-5H2,1H3/b11-10+;. The predicted octanol–water partition coefficient (Wildman–Crippen LogP) is 4.19. The maximum atomic E-state index is 12.2. The van der Waals surface area contributed by atoms with Gasteiger partial charge < -0.3 is 29.1 Å². The number of aromatic nitrogens is 2. The molecular weight excluding hydrogens is 580 g/mol. The van der Waals surface area contributed by atoms with E-state index in [0.29, 0.717) is 31.6 Å². The second kappa shape index (κ2) is 14.3. The largest absolute Gasteiger partial charge is 0.467 e. The summed E-state index contributed by atoms with van der Waals surface area (Å²) in [6.07, 6.45) is 6.02. The molecule has 3 aliphatic heterocycles. The van der Waals surface area contributed by atoms with E-state index in [4.69, 9.17) is 26.3 Å². The van der Waals surface area contributed by atoms with Gasteiger partial charge in [0.05, 0.1) is 31.5 Å². The number of nitrogens with zero attached hydrogens (tertiary/aromatic N) is 6. The van der Waals surface area contributed by atoms with Gasteiger partial charge in [0.15, 0.2) is 0 Å². The second-order valence-electron chi connectivity index (χ2n) is 11.6. The number of halogens is 1. The molecule has 1 amide bonds. The van der Waals surface area contributed by atoms with Crippen molar-refractivity contribution in [3.8, 4) is 6.01 Å². The zero-order valence-corrected chi connectivity index (χ0v) is 26.7. The van der Waals surface area contributed by atoms with Gasteiger partial charge in [0, 0.05) is 67.9 Å². The number of hydrogen-bond acceptors (Lipinski definition) is 9. The minimum absolute atomic E-state index is 0.191. The molecule has 11 heteroatoms. The lowest BCUT2D eigenvalue weighted by atomic mass is 9.98. The molecule has 0 bridgehead atoms. The lowest BCUT2D eigenvalue weighted by Crippen LogP contribution is -2.53. The number of fused-ring (bicyclic) bond motifs is 2. The lowest BCUT2D eigenvalue weighted by Gasteiger charge is -2.41. The summed E-state index contributed by atoms with van der Waals surface area (Å²) in [6.45, 7) is 6.05. The van der Waals surface area contributed by atoms with Crippen LogP contribution in [0.25, 0.3) is 10.8 Å². The molecule has 2 aromatic carbocycles. The van der Waals surface area contributed by atoms with Gasteiger partial charge in [-0.05, 0) is 56.9 Å². The van der Waals surface area contributed by atoms with Gasteiger partial charge in [-0.15, -0.1) is 0 Å². The molecule has 3 aromatic rings. The number of benzene rings is 2. The Morgan fingerprint density at radius 2 is 1.77 bits per heavy atom. The average molecular weight is 621 g/mol. The van der Waals surface area contributed by atoms with Crippen molar-refractivity contribution in [1.29, 1.82) is 0 Å². The van der Waals surface area contributed by atoms with Crippen molar-refractivity contribution in [2.45, 2.75) is 25.8 Å². The summed E-state index contributed by atoms with van der Waals surface area (Å²) in [5.74, 6) is 0.423. The number of hydrogen-bond donors (Lipinski definition) is 0. The summed E-state index contributed by atoms with van der Waals surface area (Å²) in [4.78, 5) is 41.4. The van der Waals surface area contributed by atoms with Gasteiger partial charge in [-0.25, -0.2) is 4.79 Å². The third kappa shape index (κ3) is 7.25. The topological polar surface area (TPSA) is 91.3 Å². The molecule has 0 spiro atoms. The van der Waals surface area contributed by atoms with Crippen molar-refractivity contribution in [3.05, 3.63) is 64.8 Å². The highest BCUT2D eigenvalue weighted by atomic mass is 35.5. The lowest BCUT2D eigenvalue weighted by molar-refractivity contribution is -0.136. The normalized spacial score (nSPS) is 16.8. The first-order valence-corrected chi connectivity index (χ1v) is 15.5. The second-order valence-corrected chi connectivity index (χ2v) is 12.0.